The lowest BCUT2D eigenvalue weighted by molar-refractivity contribution is 0.511. The lowest BCUT2D eigenvalue weighted by atomic mass is 10.0. The zero-order chi connectivity index (χ0) is 13.7. The Morgan fingerprint density at radius 2 is 2.26 bits per heavy atom. The van der Waals surface area contributed by atoms with Gasteiger partial charge in [-0.15, -0.1) is 0 Å². The Hall–Kier alpha value is -1.68. The van der Waals surface area contributed by atoms with E-state index in [0.29, 0.717) is 0 Å². The highest BCUT2D eigenvalue weighted by Crippen LogP contribution is 2.17. The van der Waals surface area contributed by atoms with Crippen LogP contribution >= 0.6 is 0 Å². The molecule has 1 unspecified atom stereocenters. The van der Waals surface area contributed by atoms with E-state index in [0.717, 1.165) is 30.8 Å². The molecule has 0 amide bonds. The summed E-state index contributed by atoms with van der Waals surface area (Å²) in [6, 6.07) is 6.99. The molecule has 3 nitrogen and oxygen atoms in total. The highest BCUT2D eigenvalue weighted by atomic mass is 19.1. The minimum Gasteiger partial charge on any atom is -0.338 e. The molecule has 1 heterocycles. The van der Waals surface area contributed by atoms with Gasteiger partial charge in [0.1, 0.15) is 11.6 Å². The first kappa shape index (κ1) is 13.7. The average molecular weight is 261 g/mol. The van der Waals surface area contributed by atoms with Crippen molar-refractivity contribution in [3.63, 3.8) is 0 Å². The van der Waals surface area contributed by atoms with Gasteiger partial charge in [0.15, 0.2) is 0 Å². The minimum absolute atomic E-state index is 0.179. The minimum atomic E-state index is -0.179. The maximum Gasteiger partial charge on any atom is 0.123 e. The van der Waals surface area contributed by atoms with Crippen molar-refractivity contribution < 1.29 is 4.39 Å². The fourth-order valence-corrected chi connectivity index (χ4v) is 2.22. The summed E-state index contributed by atoms with van der Waals surface area (Å²) in [5.41, 5.74) is 1.00. The summed E-state index contributed by atoms with van der Waals surface area (Å²) in [4.78, 5) is 4.29. The topological polar surface area (TPSA) is 29.9 Å². The molecule has 1 atom stereocenters. The number of rotatable bonds is 6. The quantitative estimate of drug-likeness (QED) is 0.866. The second kappa shape index (κ2) is 6.48. The SMILES string of the molecule is CCC(NCCc1nccn1C)c1cccc(F)c1. The van der Waals surface area contributed by atoms with Crippen LogP contribution in [0, 0.1) is 5.82 Å². The van der Waals surface area contributed by atoms with Gasteiger partial charge < -0.3 is 9.88 Å². The Morgan fingerprint density at radius 1 is 1.42 bits per heavy atom. The molecular formula is C15H20FN3. The van der Waals surface area contributed by atoms with Crippen LogP contribution in [0.4, 0.5) is 4.39 Å². The van der Waals surface area contributed by atoms with Crippen LogP contribution in [0.3, 0.4) is 0 Å². The number of halogens is 1. The second-order valence-electron chi connectivity index (χ2n) is 4.67. The van der Waals surface area contributed by atoms with Crippen molar-refractivity contribution in [1.82, 2.24) is 14.9 Å². The molecule has 0 radical (unpaired) electrons. The van der Waals surface area contributed by atoms with Crippen LogP contribution in [0.15, 0.2) is 36.7 Å². The highest BCUT2D eigenvalue weighted by molar-refractivity contribution is 5.20. The van der Waals surface area contributed by atoms with Crippen LogP contribution in [-0.2, 0) is 13.5 Å². The molecular weight excluding hydrogens is 241 g/mol. The third-order valence-corrected chi connectivity index (χ3v) is 3.32. The molecule has 1 aromatic carbocycles. The Kier molecular flexibility index (Phi) is 4.68. The number of imidazole rings is 1. The van der Waals surface area contributed by atoms with Gasteiger partial charge in [-0.3, -0.25) is 0 Å². The summed E-state index contributed by atoms with van der Waals surface area (Å²) in [7, 11) is 1.99. The smallest absolute Gasteiger partial charge is 0.123 e. The van der Waals surface area contributed by atoms with Crippen LogP contribution in [-0.4, -0.2) is 16.1 Å². The van der Waals surface area contributed by atoms with Crippen LogP contribution in [0.2, 0.25) is 0 Å². The Bertz CT molecular complexity index is 522. The lowest BCUT2D eigenvalue weighted by Gasteiger charge is -2.17. The van der Waals surface area contributed by atoms with Crippen LogP contribution < -0.4 is 5.32 Å². The van der Waals surface area contributed by atoms with E-state index in [1.54, 1.807) is 18.3 Å². The number of aryl methyl sites for hydroxylation is 1. The predicted octanol–water partition coefficient (Wildman–Crippen LogP) is 2.84. The van der Waals surface area contributed by atoms with E-state index in [9.17, 15) is 4.39 Å². The van der Waals surface area contributed by atoms with Gasteiger partial charge in [0, 0.05) is 38.4 Å². The molecule has 4 heteroatoms. The van der Waals surface area contributed by atoms with Crippen molar-refractivity contribution in [3.05, 3.63) is 53.9 Å². The van der Waals surface area contributed by atoms with Gasteiger partial charge in [-0.25, -0.2) is 9.37 Å². The first-order valence-electron chi connectivity index (χ1n) is 6.65. The summed E-state index contributed by atoms with van der Waals surface area (Å²) in [6.07, 6.45) is 5.55. The van der Waals surface area contributed by atoms with E-state index in [1.807, 2.05) is 23.9 Å². The number of nitrogens with one attached hydrogen (secondary N) is 1. The largest absolute Gasteiger partial charge is 0.338 e. The fraction of sp³-hybridized carbons (Fsp3) is 0.400. The molecule has 0 saturated heterocycles. The molecule has 2 rings (SSSR count). The zero-order valence-electron chi connectivity index (χ0n) is 11.4. The molecule has 19 heavy (non-hydrogen) atoms. The summed E-state index contributed by atoms with van der Waals surface area (Å²) < 4.78 is 15.2. The van der Waals surface area contributed by atoms with Crippen molar-refractivity contribution in [2.24, 2.45) is 7.05 Å². The first-order valence-corrected chi connectivity index (χ1v) is 6.65. The molecule has 2 aromatic rings. The molecule has 0 aliphatic rings. The van der Waals surface area contributed by atoms with Crippen LogP contribution in [0.5, 0.6) is 0 Å². The lowest BCUT2D eigenvalue weighted by Crippen LogP contribution is -2.24. The highest BCUT2D eigenvalue weighted by Gasteiger charge is 2.09. The van der Waals surface area contributed by atoms with E-state index in [1.165, 1.54) is 6.07 Å². The molecule has 0 aliphatic heterocycles. The molecule has 0 spiro atoms. The summed E-state index contributed by atoms with van der Waals surface area (Å²) >= 11 is 0. The van der Waals surface area contributed by atoms with Gasteiger partial charge in [-0.2, -0.15) is 0 Å². The standard InChI is InChI=1S/C15H20FN3/c1-3-14(12-5-4-6-13(16)11-12)17-8-7-15-18-9-10-19(15)2/h4-6,9-11,14,17H,3,7-8H2,1-2H3. The first-order chi connectivity index (χ1) is 9.20. The van der Waals surface area contributed by atoms with Crippen LogP contribution in [0.25, 0.3) is 0 Å². The molecule has 1 N–H and O–H groups in total. The Morgan fingerprint density at radius 3 is 2.89 bits per heavy atom. The van der Waals surface area contributed by atoms with Gasteiger partial charge in [-0.1, -0.05) is 19.1 Å². The summed E-state index contributed by atoms with van der Waals surface area (Å²) in [6.45, 7) is 2.93. The molecule has 0 bridgehead atoms. The van der Waals surface area contributed by atoms with Crippen molar-refractivity contribution in [3.8, 4) is 0 Å². The number of nitrogens with zero attached hydrogens (tertiary/aromatic N) is 2. The number of benzene rings is 1. The Balaban J connectivity index is 1.91. The van der Waals surface area contributed by atoms with E-state index >= 15 is 0 Å². The summed E-state index contributed by atoms with van der Waals surface area (Å²) in [5.74, 6) is 0.878. The average Bonchev–Trinajstić information content (AvgIpc) is 2.80. The third-order valence-electron chi connectivity index (χ3n) is 3.32. The summed E-state index contributed by atoms with van der Waals surface area (Å²) in [5, 5.41) is 3.46. The number of aromatic nitrogens is 2. The molecule has 0 saturated carbocycles. The molecule has 0 fully saturated rings. The van der Waals surface area contributed by atoms with Crippen molar-refractivity contribution in [2.75, 3.05) is 6.54 Å². The molecule has 1 aromatic heterocycles. The van der Waals surface area contributed by atoms with Gasteiger partial charge >= 0.3 is 0 Å². The van der Waals surface area contributed by atoms with E-state index in [-0.39, 0.29) is 11.9 Å². The van der Waals surface area contributed by atoms with E-state index in [4.69, 9.17) is 0 Å². The van der Waals surface area contributed by atoms with Crippen molar-refractivity contribution >= 4 is 0 Å². The van der Waals surface area contributed by atoms with E-state index in [2.05, 4.69) is 17.2 Å². The zero-order valence-corrected chi connectivity index (χ0v) is 11.4. The van der Waals surface area contributed by atoms with Gasteiger partial charge in [0.25, 0.3) is 0 Å². The fourth-order valence-electron chi connectivity index (χ4n) is 2.22. The monoisotopic (exact) mass is 261 g/mol. The van der Waals surface area contributed by atoms with Crippen molar-refractivity contribution in [1.29, 1.82) is 0 Å². The van der Waals surface area contributed by atoms with Gasteiger partial charge in [0.05, 0.1) is 0 Å². The van der Waals surface area contributed by atoms with E-state index < -0.39 is 0 Å². The maximum atomic E-state index is 13.2. The van der Waals surface area contributed by atoms with Crippen LogP contribution in [0.1, 0.15) is 30.8 Å². The number of hydrogen-bond donors (Lipinski definition) is 1. The normalized spacial score (nSPS) is 12.6. The molecule has 102 valence electrons. The van der Waals surface area contributed by atoms with Crippen molar-refractivity contribution in [2.45, 2.75) is 25.8 Å². The third kappa shape index (κ3) is 3.64. The molecule has 0 aliphatic carbocycles. The predicted molar refractivity (Wildman–Crippen MR) is 74.3 cm³/mol. The van der Waals surface area contributed by atoms with Gasteiger partial charge in [-0.05, 0) is 24.1 Å². The second-order valence-corrected chi connectivity index (χ2v) is 4.67. The Labute approximate surface area is 113 Å². The van der Waals surface area contributed by atoms with Gasteiger partial charge in [0.2, 0.25) is 0 Å². The maximum absolute atomic E-state index is 13.2. The number of hydrogen-bond acceptors (Lipinski definition) is 2.